The third kappa shape index (κ3) is 2.49. The molecule has 2 aromatic rings. The lowest BCUT2D eigenvalue weighted by atomic mass is 9.77. The smallest absolute Gasteiger partial charge is 0.329 e. The fourth-order valence-electron chi connectivity index (χ4n) is 2.09. The fourth-order valence-corrected chi connectivity index (χ4v) is 2.85. The summed E-state index contributed by atoms with van der Waals surface area (Å²) in [6, 6.07) is 1.69. The molecule has 2 aromatic heterocycles. The number of hydrogen-bond acceptors (Lipinski definition) is 6. The minimum atomic E-state index is -1.12. The summed E-state index contributed by atoms with van der Waals surface area (Å²) in [5, 5.41) is 12.3. The molecule has 1 aliphatic carbocycles. The van der Waals surface area contributed by atoms with Crippen LogP contribution < -0.4 is 5.32 Å². The van der Waals surface area contributed by atoms with Crippen molar-refractivity contribution in [2.75, 3.05) is 0 Å². The van der Waals surface area contributed by atoms with Crippen molar-refractivity contribution in [3.63, 3.8) is 0 Å². The molecular weight excluding hydrogens is 292 g/mol. The Morgan fingerprint density at radius 1 is 1.24 bits per heavy atom. The molecule has 21 heavy (non-hydrogen) atoms. The second-order valence-corrected chi connectivity index (χ2v) is 5.83. The van der Waals surface area contributed by atoms with Gasteiger partial charge >= 0.3 is 5.97 Å². The molecule has 0 bridgehead atoms. The van der Waals surface area contributed by atoms with E-state index in [1.54, 1.807) is 18.5 Å². The van der Waals surface area contributed by atoms with Crippen LogP contribution in [0.15, 0.2) is 24.7 Å². The van der Waals surface area contributed by atoms with Gasteiger partial charge in [-0.1, -0.05) is 0 Å². The summed E-state index contributed by atoms with van der Waals surface area (Å²) in [6.45, 7) is 0. The van der Waals surface area contributed by atoms with E-state index in [0.29, 0.717) is 28.6 Å². The van der Waals surface area contributed by atoms with Crippen LogP contribution in [0.4, 0.5) is 0 Å². The lowest BCUT2D eigenvalue weighted by molar-refractivity contribution is -0.148. The minimum Gasteiger partial charge on any atom is -0.480 e. The monoisotopic (exact) mass is 304 g/mol. The van der Waals surface area contributed by atoms with E-state index in [9.17, 15) is 14.7 Å². The lowest BCUT2D eigenvalue weighted by Gasteiger charge is -2.37. The van der Waals surface area contributed by atoms with Crippen molar-refractivity contribution < 1.29 is 14.7 Å². The summed E-state index contributed by atoms with van der Waals surface area (Å²) in [4.78, 5) is 36.0. The highest BCUT2D eigenvalue weighted by atomic mass is 32.1. The molecule has 7 nitrogen and oxygen atoms in total. The highest BCUT2D eigenvalue weighted by Crippen LogP contribution is 2.33. The standard InChI is InChI=1S/C13H12N4O3S/c18-10(17-13(12(19)20)3-1-4-13)8-7-16-11(21-8)9-14-5-2-6-15-9/h2,5-7H,1,3-4H2,(H,17,18)(H,19,20). The number of carboxylic acid groups (broad SMARTS) is 1. The van der Waals surface area contributed by atoms with Crippen LogP contribution in [0.1, 0.15) is 28.9 Å². The zero-order chi connectivity index (χ0) is 14.9. The van der Waals surface area contributed by atoms with E-state index in [4.69, 9.17) is 0 Å². The maximum absolute atomic E-state index is 12.2. The molecule has 0 aromatic carbocycles. The number of carbonyl (C=O) groups is 2. The van der Waals surface area contributed by atoms with E-state index in [-0.39, 0.29) is 0 Å². The van der Waals surface area contributed by atoms with E-state index < -0.39 is 17.4 Å². The van der Waals surface area contributed by atoms with Gasteiger partial charge in [-0.05, 0) is 25.3 Å². The lowest BCUT2D eigenvalue weighted by Crippen LogP contribution is -2.59. The van der Waals surface area contributed by atoms with Gasteiger partial charge in [0.2, 0.25) is 0 Å². The first-order valence-corrected chi connectivity index (χ1v) is 7.21. The summed E-state index contributed by atoms with van der Waals surface area (Å²) in [5.74, 6) is -0.965. The van der Waals surface area contributed by atoms with Crippen LogP contribution in [0.25, 0.3) is 10.8 Å². The Labute approximate surface area is 124 Å². The summed E-state index contributed by atoms with van der Waals surface area (Å²) in [5.41, 5.74) is -1.12. The molecule has 0 atom stereocenters. The van der Waals surface area contributed by atoms with Gasteiger partial charge < -0.3 is 10.4 Å². The van der Waals surface area contributed by atoms with Gasteiger partial charge in [0.1, 0.15) is 10.4 Å². The van der Waals surface area contributed by atoms with Gasteiger partial charge in [-0.25, -0.2) is 19.7 Å². The molecular formula is C13H12N4O3S. The van der Waals surface area contributed by atoms with Crippen LogP contribution in [-0.4, -0.2) is 37.5 Å². The fraction of sp³-hybridized carbons (Fsp3) is 0.308. The second-order valence-electron chi connectivity index (χ2n) is 4.80. The van der Waals surface area contributed by atoms with Gasteiger partial charge in [-0.3, -0.25) is 4.79 Å². The predicted octanol–water partition coefficient (Wildman–Crippen LogP) is 1.34. The van der Waals surface area contributed by atoms with Crippen LogP contribution in [0.2, 0.25) is 0 Å². The number of carboxylic acids is 1. The topological polar surface area (TPSA) is 105 Å². The molecule has 0 aliphatic heterocycles. The Kier molecular flexibility index (Phi) is 3.38. The van der Waals surface area contributed by atoms with Crippen molar-refractivity contribution in [1.29, 1.82) is 0 Å². The molecule has 0 unspecified atom stereocenters. The largest absolute Gasteiger partial charge is 0.480 e. The number of hydrogen-bond donors (Lipinski definition) is 2. The van der Waals surface area contributed by atoms with Crippen molar-refractivity contribution in [2.24, 2.45) is 0 Å². The number of rotatable bonds is 4. The first kappa shape index (κ1) is 13.6. The van der Waals surface area contributed by atoms with Crippen molar-refractivity contribution in [3.8, 4) is 10.8 Å². The molecule has 1 saturated carbocycles. The number of aliphatic carboxylic acids is 1. The van der Waals surface area contributed by atoms with Crippen LogP contribution >= 0.6 is 11.3 Å². The maximum atomic E-state index is 12.2. The SMILES string of the molecule is O=C(NC1(C(=O)O)CCC1)c1cnc(-c2ncccn2)s1. The molecule has 8 heteroatoms. The third-order valence-corrected chi connectivity index (χ3v) is 4.45. The number of amides is 1. The predicted molar refractivity (Wildman–Crippen MR) is 74.8 cm³/mol. The van der Waals surface area contributed by atoms with E-state index >= 15 is 0 Å². The molecule has 2 heterocycles. The molecule has 0 saturated heterocycles. The molecule has 0 radical (unpaired) electrons. The number of thiazole rings is 1. The Hall–Kier alpha value is -2.35. The summed E-state index contributed by atoms with van der Waals surface area (Å²) >= 11 is 1.14. The van der Waals surface area contributed by atoms with E-state index in [1.807, 2.05) is 0 Å². The van der Waals surface area contributed by atoms with Crippen molar-refractivity contribution >= 4 is 23.2 Å². The normalized spacial score (nSPS) is 16.0. The van der Waals surface area contributed by atoms with Gasteiger partial charge in [0.25, 0.3) is 5.91 Å². The van der Waals surface area contributed by atoms with Gasteiger partial charge in [0.15, 0.2) is 10.8 Å². The number of nitrogens with one attached hydrogen (secondary N) is 1. The van der Waals surface area contributed by atoms with Crippen LogP contribution in [0.3, 0.4) is 0 Å². The van der Waals surface area contributed by atoms with Crippen LogP contribution in [0.5, 0.6) is 0 Å². The Morgan fingerprint density at radius 3 is 2.52 bits per heavy atom. The molecule has 108 valence electrons. The minimum absolute atomic E-state index is 0.352. The second kappa shape index (κ2) is 5.21. The van der Waals surface area contributed by atoms with Crippen molar-refractivity contribution in [3.05, 3.63) is 29.5 Å². The average molecular weight is 304 g/mol. The van der Waals surface area contributed by atoms with Crippen LogP contribution in [-0.2, 0) is 4.79 Å². The third-order valence-electron chi connectivity index (χ3n) is 3.46. The van der Waals surface area contributed by atoms with E-state index in [2.05, 4.69) is 20.3 Å². The van der Waals surface area contributed by atoms with Gasteiger partial charge in [0.05, 0.1) is 6.20 Å². The number of aromatic nitrogens is 3. The molecule has 1 aliphatic rings. The molecule has 1 fully saturated rings. The van der Waals surface area contributed by atoms with Gasteiger partial charge in [-0.2, -0.15) is 0 Å². The number of nitrogens with zero attached hydrogens (tertiary/aromatic N) is 3. The first-order valence-electron chi connectivity index (χ1n) is 6.40. The number of carbonyl (C=O) groups excluding carboxylic acids is 1. The molecule has 3 rings (SSSR count). The summed E-state index contributed by atoms with van der Waals surface area (Å²) in [7, 11) is 0. The first-order chi connectivity index (χ1) is 10.1. The zero-order valence-electron chi connectivity index (χ0n) is 10.9. The van der Waals surface area contributed by atoms with E-state index in [1.165, 1.54) is 6.20 Å². The Bertz CT molecular complexity index is 682. The van der Waals surface area contributed by atoms with Gasteiger partial charge in [-0.15, -0.1) is 11.3 Å². The summed E-state index contributed by atoms with van der Waals surface area (Å²) in [6.07, 6.45) is 6.33. The highest BCUT2D eigenvalue weighted by Gasteiger charge is 2.46. The Balaban J connectivity index is 1.77. The summed E-state index contributed by atoms with van der Waals surface area (Å²) < 4.78 is 0. The zero-order valence-corrected chi connectivity index (χ0v) is 11.8. The quantitative estimate of drug-likeness (QED) is 0.883. The van der Waals surface area contributed by atoms with E-state index in [0.717, 1.165) is 17.8 Å². The van der Waals surface area contributed by atoms with Crippen LogP contribution in [0, 0.1) is 0 Å². The van der Waals surface area contributed by atoms with Gasteiger partial charge in [0, 0.05) is 12.4 Å². The molecule has 1 amide bonds. The highest BCUT2D eigenvalue weighted by molar-refractivity contribution is 7.16. The Morgan fingerprint density at radius 2 is 1.95 bits per heavy atom. The molecule has 0 spiro atoms. The van der Waals surface area contributed by atoms with Crippen molar-refractivity contribution in [2.45, 2.75) is 24.8 Å². The average Bonchev–Trinajstić information content (AvgIpc) is 2.93. The van der Waals surface area contributed by atoms with Crippen molar-refractivity contribution in [1.82, 2.24) is 20.3 Å². The maximum Gasteiger partial charge on any atom is 0.329 e. The molecule has 2 N–H and O–H groups in total.